The summed E-state index contributed by atoms with van der Waals surface area (Å²) in [5, 5.41) is 3.31. The molecule has 0 saturated heterocycles. The van der Waals surface area contributed by atoms with Gasteiger partial charge in [0, 0.05) is 6.04 Å². The fourth-order valence-corrected chi connectivity index (χ4v) is 2.09. The molecule has 1 atom stereocenters. The fraction of sp³-hybridized carbons (Fsp3) is 0.600. The van der Waals surface area contributed by atoms with Crippen LogP contribution in [0.5, 0.6) is 5.75 Å². The maximum Gasteiger partial charge on any atom is 0.119 e. The van der Waals surface area contributed by atoms with Crippen LogP contribution in [0.2, 0.25) is 0 Å². The van der Waals surface area contributed by atoms with Crippen molar-refractivity contribution in [3.8, 4) is 5.75 Å². The molecule has 0 spiro atoms. The molecule has 1 N–H and O–H groups in total. The Morgan fingerprint density at radius 3 is 2.35 bits per heavy atom. The first-order chi connectivity index (χ1) is 8.15. The summed E-state index contributed by atoms with van der Waals surface area (Å²) in [4.78, 5) is 0. The summed E-state index contributed by atoms with van der Waals surface area (Å²) >= 11 is 0. The molecule has 2 nitrogen and oxygen atoms in total. The minimum absolute atomic E-state index is 0.623. The molecule has 0 radical (unpaired) electrons. The highest BCUT2D eigenvalue weighted by Crippen LogP contribution is 2.16. The van der Waals surface area contributed by atoms with Crippen molar-refractivity contribution in [1.82, 2.24) is 5.32 Å². The highest BCUT2D eigenvalue weighted by atomic mass is 16.5. The van der Waals surface area contributed by atoms with Crippen molar-refractivity contribution in [2.75, 3.05) is 13.7 Å². The van der Waals surface area contributed by atoms with Crippen LogP contribution < -0.4 is 10.1 Å². The molecule has 0 aliphatic heterocycles. The Bertz CT molecular complexity index is 311. The zero-order valence-corrected chi connectivity index (χ0v) is 11.5. The molecule has 96 valence electrons. The van der Waals surface area contributed by atoms with Gasteiger partial charge >= 0.3 is 0 Å². The van der Waals surface area contributed by atoms with Gasteiger partial charge in [-0.2, -0.15) is 0 Å². The second kappa shape index (κ2) is 7.33. The smallest absolute Gasteiger partial charge is 0.119 e. The SMILES string of the molecule is CCC(CCCOc1cc(C)cc(C)c1)NC. The molecule has 0 fully saturated rings. The summed E-state index contributed by atoms with van der Waals surface area (Å²) in [6, 6.07) is 6.99. The Balaban J connectivity index is 2.31. The third-order valence-corrected chi connectivity index (χ3v) is 3.06. The number of nitrogens with one attached hydrogen (secondary N) is 1. The minimum atomic E-state index is 0.623. The van der Waals surface area contributed by atoms with Crippen molar-refractivity contribution in [3.63, 3.8) is 0 Å². The third-order valence-electron chi connectivity index (χ3n) is 3.06. The van der Waals surface area contributed by atoms with Crippen LogP contribution in [0, 0.1) is 13.8 Å². The van der Waals surface area contributed by atoms with Crippen LogP contribution in [0.15, 0.2) is 18.2 Å². The number of benzene rings is 1. The van der Waals surface area contributed by atoms with Crippen LogP contribution in [-0.4, -0.2) is 19.7 Å². The molecule has 1 aromatic rings. The quantitative estimate of drug-likeness (QED) is 0.731. The van der Waals surface area contributed by atoms with Gasteiger partial charge < -0.3 is 10.1 Å². The Morgan fingerprint density at radius 1 is 1.18 bits per heavy atom. The molecule has 0 bridgehead atoms. The monoisotopic (exact) mass is 235 g/mol. The van der Waals surface area contributed by atoms with Crippen LogP contribution in [0.25, 0.3) is 0 Å². The van der Waals surface area contributed by atoms with E-state index in [0.29, 0.717) is 6.04 Å². The summed E-state index contributed by atoms with van der Waals surface area (Å²) in [6.07, 6.45) is 3.46. The van der Waals surface area contributed by atoms with Gasteiger partial charge in [0.05, 0.1) is 6.61 Å². The topological polar surface area (TPSA) is 21.3 Å². The lowest BCUT2D eigenvalue weighted by Crippen LogP contribution is -2.24. The van der Waals surface area contributed by atoms with Gasteiger partial charge in [-0.05, 0) is 63.4 Å². The van der Waals surface area contributed by atoms with Gasteiger partial charge in [-0.15, -0.1) is 0 Å². The van der Waals surface area contributed by atoms with E-state index < -0.39 is 0 Å². The summed E-state index contributed by atoms with van der Waals surface area (Å²) < 4.78 is 5.78. The first-order valence-electron chi connectivity index (χ1n) is 6.54. The van der Waals surface area contributed by atoms with Crippen molar-refractivity contribution < 1.29 is 4.74 Å². The Kier molecular flexibility index (Phi) is 6.06. The molecular weight excluding hydrogens is 210 g/mol. The van der Waals surface area contributed by atoms with Gasteiger partial charge in [-0.25, -0.2) is 0 Å². The number of aryl methyl sites for hydroxylation is 2. The number of ether oxygens (including phenoxy) is 1. The standard InChI is InChI=1S/C15H25NO/c1-5-14(16-4)7-6-8-17-15-10-12(2)9-13(3)11-15/h9-11,14,16H,5-8H2,1-4H3. The van der Waals surface area contributed by atoms with E-state index >= 15 is 0 Å². The average molecular weight is 235 g/mol. The van der Waals surface area contributed by atoms with Gasteiger partial charge in [0.15, 0.2) is 0 Å². The van der Waals surface area contributed by atoms with E-state index in [1.165, 1.54) is 24.0 Å². The molecule has 0 aromatic heterocycles. The van der Waals surface area contributed by atoms with E-state index in [2.05, 4.69) is 44.3 Å². The van der Waals surface area contributed by atoms with Crippen LogP contribution in [0.3, 0.4) is 0 Å². The molecule has 0 aliphatic rings. The zero-order chi connectivity index (χ0) is 12.7. The van der Waals surface area contributed by atoms with Crippen LogP contribution >= 0.6 is 0 Å². The molecule has 1 unspecified atom stereocenters. The molecule has 0 saturated carbocycles. The van der Waals surface area contributed by atoms with E-state index in [1.54, 1.807) is 0 Å². The molecule has 0 heterocycles. The van der Waals surface area contributed by atoms with Gasteiger partial charge in [0.1, 0.15) is 5.75 Å². The predicted molar refractivity (Wildman–Crippen MR) is 73.8 cm³/mol. The molecule has 1 aromatic carbocycles. The first-order valence-corrected chi connectivity index (χ1v) is 6.54. The maximum atomic E-state index is 5.78. The Morgan fingerprint density at radius 2 is 1.82 bits per heavy atom. The van der Waals surface area contributed by atoms with E-state index in [-0.39, 0.29) is 0 Å². The molecule has 2 heteroatoms. The second-order valence-corrected chi connectivity index (χ2v) is 4.71. The van der Waals surface area contributed by atoms with Crippen LogP contribution in [0.1, 0.15) is 37.3 Å². The zero-order valence-electron chi connectivity index (χ0n) is 11.5. The van der Waals surface area contributed by atoms with Gasteiger partial charge in [0.2, 0.25) is 0 Å². The highest BCUT2D eigenvalue weighted by molar-refractivity contribution is 5.32. The number of hydrogen-bond donors (Lipinski definition) is 1. The van der Waals surface area contributed by atoms with Gasteiger partial charge in [0.25, 0.3) is 0 Å². The predicted octanol–water partition coefficient (Wildman–Crippen LogP) is 3.46. The van der Waals surface area contributed by atoms with E-state index in [1.807, 2.05) is 7.05 Å². The van der Waals surface area contributed by atoms with Crippen molar-refractivity contribution in [2.24, 2.45) is 0 Å². The van der Waals surface area contributed by atoms with Crippen molar-refractivity contribution in [1.29, 1.82) is 0 Å². The molecule has 1 rings (SSSR count). The van der Waals surface area contributed by atoms with Crippen molar-refractivity contribution >= 4 is 0 Å². The molecule has 17 heavy (non-hydrogen) atoms. The summed E-state index contributed by atoms with van der Waals surface area (Å²) in [5.41, 5.74) is 2.53. The fourth-order valence-electron chi connectivity index (χ4n) is 2.09. The normalized spacial score (nSPS) is 12.5. The molecule has 0 amide bonds. The van der Waals surface area contributed by atoms with E-state index in [4.69, 9.17) is 4.74 Å². The van der Waals surface area contributed by atoms with E-state index in [9.17, 15) is 0 Å². The summed E-state index contributed by atoms with van der Waals surface area (Å²) in [5.74, 6) is 1.00. The maximum absolute atomic E-state index is 5.78. The molecular formula is C15H25NO. The Hall–Kier alpha value is -1.02. The minimum Gasteiger partial charge on any atom is -0.494 e. The first kappa shape index (κ1) is 14.0. The lowest BCUT2D eigenvalue weighted by molar-refractivity contribution is 0.296. The number of hydrogen-bond acceptors (Lipinski definition) is 2. The van der Waals surface area contributed by atoms with Crippen molar-refractivity contribution in [2.45, 2.75) is 46.1 Å². The highest BCUT2D eigenvalue weighted by Gasteiger charge is 2.02. The second-order valence-electron chi connectivity index (χ2n) is 4.71. The largest absolute Gasteiger partial charge is 0.494 e. The Labute approximate surface area is 105 Å². The summed E-state index contributed by atoms with van der Waals surface area (Å²) in [7, 11) is 2.03. The molecule has 0 aliphatic carbocycles. The summed E-state index contributed by atoms with van der Waals surface area (Å²) in [6.45, 7) is 7.23. The van der Waals surface area contributed by atoms with E-state index in [0.717, 1.165) is 18.8 Å². The lowest BCUT2D eigenvalue weighted by Gasteiger charge is -2.14. The number of rotatable bonds is 7. The van der Waals surface area contributed by atoms with Crippen LogP contribution in [0.4, 0.5) is 0 Å². The van der Waals surface area contributed by atoms with Gasteiger partial charge in [-0.1, -0.05) is 13.0 Å². The lowest BCUT2D eigenvalue weighted by atomic mass is 10.1. The van der Waals surface area contributed by atoms with Gasteiger partial charge in [-0.3, -0.25) is 0 Å². The van der Waals surface area contributed by atoms with Crippen molar-refractivity contribution in [3.05, 3.63) is 29.3 Å². The average Bonchev–Trinajstić information content (AvgIpc) is 2.28. The third kappa shape index (κ3) is 5.22. The van der Waals surface area contributed by atoms with Crippen LogP contribution in [-0.2, 0) is 0 Å².